The molecule has 0 aliphatic heterocycles. The molecule has 2 N–H and O–H groups in total. The summed E-state index contributed by atoms with van der Waals surface area (Å²) in [5.74, 6) is -0.764. The monoisotopic (exact) mass is 145 g/mol. The zero-order valence-electron chi connectivity index (χ0n) is 5.92. The van der Waals surface area contributed by atoms with Gasteiger partial charge in [-0.2, -0.15) is 0 Å². The van der Waals surface area contributed by atoms with Gasteiger partial charge in [-0.1, -0.05) is 0 Å². The SMILES string of the molecule is O=C(O)CC[CH]CCCO. The van der Waals surface area contributed by atoms with Crippen molar-refractivity contribution in [1.29, 1.82) is 0 Å². The number of unbranched alkanes of at least 4 members (excludes halogenated alkanes) is 3. The zero-order chi connectivity index (χ0) is 7.82. The minimum Gasteiger partial charge on any atom is -0.481 e. The highest BCUT2D eigenvalue weighted by Crippen LogP contribution is 2.00. The first-order chi connectivity index (χ1) is 4.77. The Morgan fingerprint density at radius 2 is 2.10 bits per heavy atom. The average molecular weight is 145 g/mol. The Kier molecular flexibility index (Phi) is 6.18. The van der Waals surface area contributed by atoms with E-state index in [-0.39, 0.29) is 13.0 Å². The highest BCUT2D eigenvalue weighted by atomic mass is 16.4. The molecule has 3 nitrogen and oxygen atoms in total. The Labute approximate surface area is 60.7 Å². The molecule has 0 saturated heterocycles. The minimum atomic E-state index is -0.764. The van der Waals surface area contributed by atoms with Gasteiger partial charge in [0.05, 0.1) is 0 Å². The van der Waals surface area contributed by atoms with Gasteiger partial charge in [-0.3, -0.25) is 4.79 Å². The maximum Gasteiger partial charge on any atom is 0.303 e. The highest BCUT2D eigenvalue weighted by molar-refractivity contribution is 5.66. The number of hydrogen-bond donors (Lipinski definition) is 2. The standard InChI is InChI=1S/C7H13O3/c8-6-4-2-1-3-5-7(9)10/h1,8H,2-6H2,(H,9,10). The predicted molar refractivity (Wildman–Crippen MR) is 37.5 cm³/mol. The molecule has 0 amide bonds. The molecular formula is C7H13O3. The molecule has 10 heavy (non-hydrogen) atoms. The number of hydrogen-bond acceptors (Lipinski definition) is 2. The van der Waals surface area contributed by atoms with E-state index < -0.39 is 5.97 Å². The maximum atomic E-state index is 9.96. The van der Waals surface area contributed by atoms with Gasteiger partial charge in [-0.15, -0.1) is 0 Å². The molecule has 0 aromatic heterocycles. The molecule has 0 atom stereocenters. The summed E-state index contributed by atoms with van der Waals surface area (Å²) in [6, 6.07) is 0. The summed E-state index contributed by atoms with van der Waals surface area (Å²) in [5, 5.41) is 16.5. The van der Waals surface area contributed by atoms with E-state index >= 15 is 0 Å². The predicted octanol–water partition coefficient (Wildman–Crippen LogP) is 0.828. The van der Waals surface area contributed by atoms with E-state index in [9.17, 15) is 4.79 Å². The largest absolute Gasteiger partial charge is 0.481 e. The lowest BCUT2D eigenvalue weighted by atomic mass is 10.1. The van der Waals surface area contributed by atoms with Crippen LogP contribution in [0.15, 0.2) is 0 Å². The highest BCUT2D eigenvalue weighted by Gasteiger charge is 1.95. The quantitative estimate of drug-likeness (QED) is 0.544. The van der Waals surface area contributed by atoms with Gasteiger partial charge >= 0.3 is 5.97 Å². The van der Waals surface area contributed by atoms with Crippen molar-refractivity contribution < 1.29 is 15.0 Å². The molecule has 0 aliphatic rings. The smallest absolute Gasteiger partial charge is 0.303 e. The fourth-order valence-electron chi connectivity index (χ4n) is 0.605. The second-order valence-corrected chi connectivity index (χ2v) is 2.09. The molecule has 0 aromatic carbocycles. The molecule has 59 valence electrons. The Hall–Kier alpha value is -0.570. The first kappa shape index (κ1) is 9.43. The van der Waals surface area contributed by atoms with Gasteiger partial charge in [0.2, 0.25) is 0 Å². The summed E-state index contributed by atoms with van der Waals surface area (Å²) in [6.45, 7) is 0.184. The van der Waals surface area contributed by atoms with Gasteiger partial charge in [0.25, 0.3) is 0 Å². The average Bonchev–Trinajstić information content (AvgIpc) is 1.87. The third-order valence-electron chi connectivity index (χ3n) is 1.13. The normalized spacial score (nSPS) is 9.70. The fraction of sp³-hybridized carbons (Fsp3) is 0.714. The summed E-state index contributed by atoms with van der Waals surface area (Å²) in [6.07, 6.45) is 4.24. The molecule has 0 aromatic rings. The summed E-state index contributed by atoms with van der Waals surface area (Å²) >= 11 is 0. The van der Waals surface area contributed by atoms with Crippen LogP contribution in [0.2, 0.25) is 0 Å². The molecule has 0 aliphatic carbocycles. The molecule has 3 heteroatoms. The van der Waals surface area contributed by atoms with Crippen LogP contribution in [-0.4, -0.2) is 22.8 Å². The van der Waals surface area contributed by atoms with Gasteiger partial charge in [-0.05, 0) is 25.7 Å². The van der Waals surface area contributed by atoms with Crippen molar-refractivity contribution in [2.24, 2.45) is 0 Å². The van der Waals surface area contributed by atoms with E-state index in [2.05, 4.69) is 0 Å². The summed E-state index contributed by atoms with van der Waals surface area (Å²) in [5.41, 5.74) is 0. The topological polar surface area (TPSA) is 57.5 Å². The number of aliphatic carboxylic acids is 1. The van der Waals surface area contributed by atoms with Crippen molar-refractivity contribution >= 4 is 5.97 Å². The van der Waals surface area contributed by atoms with Crippen LogP contribution in [0.25, 0.3) is 0 Å². The number of carboxylic acid groups (broad SMARTS) is 1. The number of carboxylic acids is 1. The van der Waals surface area contributed by atoms with E-state index in [0.717, 1.165) is 12.8 Å². The molecule has 0 spiro atoms. The van der Waals surface area contributed by atoms with Crippen LogP contribution < -0.4 is 0 Å². The van der Waals surface area contributed by atoms with Crippen LogP contribution in [0.1, 0.15) is 25.7 Å². The van der Waals surface area contributed by atoms with Crippen molar-refractivity contribution in [3.8, 4) is 0 Å². The molecule has 0 unspecified atom stereocenters. The third kappa shape index (κ3) is 7.43. The molecule has 0 fully saturated rings. The Morgan fingerprint density at radius 1 is 1.40 bits per heavy atom. The van der Waals surface area contributed by atoms with E-state index in [1.54, 1.807) is 0 Å². The summed E-state index contributed by atoms with van der Waals surface area (Å²) in [7, 11) is 0. The van der Waals surface area contributed by atoms with Crippen molar-refractivity contribution in [2.75, 3.05) is 6.61 Å². The van der Waals surface area contributed by atoms with E-state index in [0.29, 0.717) is 6.42 Å². The lowest BCUT2D eigenvalue weighted by Gasteiger charge is -1.94. The van der Waals surface area contributed by atoms with Crippen LogP contribution in [0, 0.1) is 6.42 Å². The fourth-order valence-corrected chi connectivity index (χ4v) is 0.605. The Bertz CT molecular complexity index is 90.9. The number of rotatable bonds is 6. The van der Waals surface area contributed by atoms with E-state index in [4.69, 9.17) is 10.2 Å². The third-order valence-corrected chi connectivity index (χ3v) is 1.13. The lowest BCUT2D eigenvalue weighted by Crippen LogP contribution is -1.94. The first-order valence-corrected chi connectivity index (χ1v) is 3.41. The second-order valence-electron chi connectivity index (χ2n) is 2.09. The molecular weight excluding hydrogens is 132 g/mol. The van der Waals surface area contributed by atoms with Gasteiger partial charge in [-0.25, -0.2) is 0 Å². The van der Waals surface area contributed by atoms with Gasteiger partial charge < -0.3 is 10.2 Å². The van der Waals surface area contributed by atoms with Crippen molar-refractivity contribution in [3.05, 3.63) is 6.42 Å². The number of carbonyl (C=O) groups is 1. The number of aliphatic hydroxyl groups excluding tert-OH is 1. The zero-order valence-corrected chi connectivity index (χ0v) is 5.92. The van der Waals surface area contributed by atoms with Crippen LogP contribution >= 0.6 is 0 Å². The van der Waals surface area contributed by atoms with Gasteiger partial charge in [0.15, 0.2) is 0 Å². The van der Waals surface area contributed by atoms with Crippen LogP contribution in [-0.2, 0) is 4.79 Å². The number of aliphatic hydroxyl groups is 1. The van der Waals surface area contributed by atoms with E-state index in [1.165, 1.54) is 0 Å². The molecule has 0 bridgehead atoms. The maximum absolute atomic E-state index is 9.96. The van der Waals surface area contributed by atoms with Crippen molar-refractivity contribution in [2.45, 2.75) is 25.7 Å². The molecule has 0 rings (SSSR count). The lowest BCUT2D eigenvalue weighted by molar-refractivity contribution is -0.136. The van der Waals surface area contributed by atoms with Gasteiger partial charge in [0.1, 0.15) is 0 Å². The first-order valence-electron chi connectivity index (χ1n) is 3.41. The molecule has 0 saturated carbocycles. The summed E-state index contributed by atoms with van der Waals surface area (Å²) in [4.78, 5) is 9.96. The Morgan fingerprint density at radius 3 is 2.60 bits per heavy atom. The van der Waals surface area contributed by atoms with Gasteiger partial charge in [0, 0.05) is 13.0 Å². The van der Waals surface area contributed by atoms with Crippen molar-refractivity contribution in [1.82, 2.24) is 0 Å². The Balaban J connectivity index is 2.84. The minimum absolute atomic E-state index is 0.184. The van der Waals surface area contributed by atoms with E-state index in [1.807, 2.05) is 6.42 Å². The van der Waals surface area contributed by atoms with Crippen LogP contribution in [0.4, 0.5) is 0 Å². The molecule has 1 radical (unpaired) electrons. The van der Waals surface area contributed by atoms with Crippen molar-refractivity contribution in [3.63, 3.8) is 0 Å². The molecule has 0 heterocycles. The summed E-state index contributed by atoms with van der Waals surface area (Å²) < 4.78 is 0. The van der Waals surface area contributed by atoms with Crippen LogP contribution in [0.3, 0.4) is 0 Å². The van der Waals surface area contributed by atoms with Crippen LogP contribution in [0.5, 0.6) is 0 Å². The second kappa shape index (κ2) is 6.55.